The van der Waals surface area contributed by atoms with Gasteiger partial charge in [-0.1, -0.05) is 62.4 Å². The molecule has 0 saturated carbocycles. The second-order valence-corrected chi connectivity index (χ2v) is 9.69. The number of sulfonamides is 1. The van der Waals surface area contributed by atoms with Crippen molar-refractivity contribution in [2.75, 3.05) is 4.72 Å². The molecule has 4 rings (SSSR count). The number of hydrogen-bond acceptors (Lipinski definition) is 4. The Balaban J connectivity index is 1.84. The second-order valence-electron chi connectivity index (χ2n) is 8.04. The summed E-state index contributed by atoms with van der Waals surface area (Å²) < 4.78 is 30.0. The largest absolute Gasteiger partial charge is 0.294 e. The number of hydrogen-bond donors (Lipinski definition) is 2. The van der Waals surface area contributed by atoms with E-state index >= 15 is 0 Å². The van der Waals surface area contributed by atoms with E-state index in [4.69, 9.17) is 0 Å². The highest BCUT2D eigenvalue weighted by atomic mass is 32.2. The van der Waals surface area contributed by atoms with Gasteiger partial charge in [0.2, 0.25) is 0 Å². The summed E-state index contributed by atoms with van der Waals surface area (Å²) in [4.78, 5) is 17.7. The van der Waals surface area contributed by atoms with Crippen LogP contribution in [0.5, 0.6) is 0 Å². The van der Waals surface area contributed by atoms with Crippen molar-refractivity contribution in [2.45, 2.75) is 31.1 Å². The van der Waals surface area contributed by atoms with E-state index in [0.29, 0.717) is 16.9 Å². The predicted molar refractivity (Wildman–Crippen MR) is 125 cm³/mol. The maximum Gasteiger partial charge on any atom is 0.277 e. The highest BCUT2D eigenvalue weighted by molar-refractivity contribution is 7.92. The van der Waals surface area contributed by atoms with Gasteiger partial charge in [0.25, 0.3) is 15.6 Å². The van der Waals surface area contributed by atoms with Crippen LogP contribution in [-0.4, -0.2) is 23.2 Å². The molecule has 2 N–H and O–H groups in total. The van der Waals surface area contributed by atoms with Crippen LogP contribution >= 0.6 is 0 Å². The number of H-pyrrole nitrogens is 1. The molecule has 0 aliphatic rings. The van der Waals surface area contributed by atoms with Gasteiger partial charge in [0.05, 0.1) is 0 Å². The maximum atomic E-state index is 13.5. The lowest BCUT2D eigenvalue weighted by molar-refractivity contribution is 0.598. The van der Waals surface area contributed by atoms with Crippen molar-refractivity contribution in [3.8, 4) is 5.82 Å². The van der Waals surface area contributed by atoms with Gasteiger partial charge in [-0.3, -0.25) is 14.6 Å². The van der Waals surface area contributed by atoms with Crippen molar-refractivity contribution < 1.29 is 8.42 Å². The van der Waals surface area contributed by atoms with Gasteiger partial charge in [0, 0.05) is 28.6 Å². The zero-order valence-electron chi connectivity index (χ0n) is 18.0. The number of benzene rings is 2. The summed E-state index contributed by atoms with van der Waals surface area (Å²) in [6.07, 6.45) is 1.46. The van der Waals surface area contributed by atoms with Gasteiger partial charge < -0.3 is 0 Å². The van der Waals surface area contributed by atoms with Crippen molar-refractivity contribution in [1.82, 2.24) is 14.8 Å². The number of rotatable bonds is 6. The topological polar surface area (TPSA) is 96.8 Å². The van der Waals surface area contributed by atoms with Gasteiger partial charge in [-0.25, -0.2) is 13.4 Å². The number of aromatic amines is 1. The van der Waals surface area contributed by atoms with Crippen LogP contribution in [-0.2, 0) is 15.4 Å². The summed E-state index contributed by atoms with van der Waals surface area (Å²) >= 11 is 0. The molecule has 2 heterocycles. The van der Waals surface area contributed by atoms with Gasteiger partial charge in [-0.15, -0.1) is 0 Å². The van der Waals surface area contributed by atoms with E-state index in [9.17, 15) is 13.2 Å². The lowest BCUT2D eigenvalue weighted by atomic mass is 9.78. The molecule has 7 nitrogen and oxygen atoms in total. The Labute approximate surface area is 186 Å². The minimum atomic E-state index is -3.99. The Bertz CT molecular complexity index is 1410. The monoisotopic (exact) mass is 448 g/mol. The first kappa shape index (κ1) is 21.6. The Morgan fingerprint density at radius 1 is 0.938 bits per heavy atom. The lowest BCUT2D eigenvalue weighted by Gasteiger charge is -2.24. The molecule has 0 atom stereocenters. The summed E-state index contributed by atoms with van der Waals surface area (Å²) in [5.74, 6) is 0.0131. The molecule has 2 aromatic carbocycles. The van der Waals surface area contributed by atoms with Crippen molar-refractivity contribution in [3.63, 3.8) is 0 Å². The van der Waals surface area contributed by atoms with Crippen LogP contribution < -0.4 is 10.3 Å². The summed E-state index contributed by atoms with van der Waals surface area (Å²) in [7, 11) is -3.99. The summed E-state index contributed by atoms with van der Waals surface area (Å²) in [5, 5.41) is 3.03. The molecule has 0 spiro atoms. The zero-order chi connectivity index (χ0) is 22.9. The molecule has 0 aliphatic heterocycles. The first-order valence-electron chi connectivity index (χ1n) is 10.1. The van der Waals surface area contributed by atoms with Crippen LogP contribution in [0.4, 0.5) is 5.69 Å². The molecule has 0 fully saturated rings. The Hall–Kier alpha value is -3.65. The fourth-order valence-electron chi connectivity index (χ4n) is 3.91. The van der Waals surface area contributed by atoms with E-state index in [1.54, 1.807) is 37.3 Å². The first-order valence-corrected chi connectivity index (χ1v) is 11.6. The highest BCUT2D eigenvalue weighted by Crippen LogP contribution is 2.31. The van der Waals surface area contributed by atoms with Crippen LogP contribution in [0.2, 0.25) is 0 Å². The van der Waals surface area contributed by atoms with Crippen molar-refractivity contribution in [1.29, 1.82) is 0 Å². The minimum absolute atomic E-state index is 0.0131. The summed E-state index contributed by atoms with van der Waals surface area (Å²) in [6.45, 7) is 5.74. The second kappa shape index (κ2) is 8.12. The molecule has 0 amide bonds. The third kappa shape index (κ3) is 3.85. The summed E-state index contributed by atoms with van der Waals surface area (Å²) in [5.41, 5.74) is 1.66. The molecular formula is C24H24N4O3S. The Morgan fingerprint density at radius 2 is 1.56 bits per heavy atom. The maximum absolute atomic E-state index is 13.5. The molecule has 0 radical (unpaired) electrons. The number of nitrogens with one attached hydrogen (secondary N) is 2. The molecule has 8 heteroatoms. The normalized spacial score (nSPS) is 12.0. The van der Waals surface area contributed by atoms with Gasteiger partial charge >= 0.3 is 0 Å². The molecule has 0 aliphatic carbocycles. The number of nitrogens with zero attached hydrogens (tertiary/aromatic N) is 2. The molecule has 0 bridgehead atoms. The molecule has 164 valence electrons. The van der Waals surface area contributed by atoms with E-state index in [-0.39, 0.29) is 16.3 Å². The molecule has 2 aromatic heterocycles. The number of para-hydroxylation sites is 1. The van der Waals surface area contributed by atoms with Gasteiger partial charge in [-0.05, 0) is 36.8 Å². The molecule has 4 aromatic rings. The van der Waals surface area contributed by atoms with E-state index in [2.05, 4.69) is 14.8 Å². The van der Waals surface area contributed by atoms with Crippen molar-refractivity contribution in [3.05, 3.63) is 106 Å². The number of anilines is 1. The fraction of sp³-hybridized carbons (Fsp3) is 0.167. The summed E-state index contributed by atoms with van der Waals surface area (Å²) in [6, 6.07) is 21.2. The third-order valence-corrected chi connectivity index (χ3v) is 6.87. The zero-order valence-corrected chi connectivity index (χ0v) is 18.8. The van der Waals surface area contributed by atoms with Gasteiger partial charge in [0.15, 0.2) is 5.82 Å². The molecular weight excluding hydrogens is 424 g/mol. The number of pyridine rings is 1. The Morgan fingerprint density at radius 3 is 2.22 bits per heavy atom. The highest BCUT2D eigenvalue weighted by Gasteiger charge is 2.32. The molecule has 32 heavy (non-hydrogen) atoms. The third-order valence-electron chi connectivity index (χ3n) is 5.47. The van der Waals surface area contributed by atoms with Gasteiger partial charge in [-0.2, -0.15) is 4.68 Å². The van der Waals surface area contributed by atoms with Crippen LogP contribution in [0.1, 0.15) is 30.7 Å². The smallest absolute Gasteiger partial charge is 0.277 e. The standard InChI is InChI=1S/C24H24N4O3S/c1-17-21(24(2,3)18-11-6-4-7-12-18)23(29)28(26-17)22-20(15-10-16-25-22)32(30,31)27-19-13-8-5-9-14-19/h4-16,26-27H,1-3H3. The minimum Gasteiger partial charge on any atom is -0.294 e. The van der Waals surface area contributed by atoms with Crippen LogP contribution in [0.3, 0.4) is 0 Å². The SMILES string of the molecule is Cc1[nH]n(-c2ncccc2S(=O)(=O)Nc2ccccc2)c(=O)c1C(C)(C)c1ccccc1. The van der Waals surface area contributed by atoms with Crippen molar-refractivity contribution in [2.24, 2.45) is 0 Å². The first-order chi connectivity index (χ1) is 15.2. The van der Waals surface area contributed by atoms with E-state index in [0.717, 1.165) is 5.56 Å². The van der Waals surface area contributed by atoms with Gasteiger partial charge in [0.1, 0.15) is 4.90 Å². The Kier molecular flexibility index (Phi) is 5.48. The predicted octanol–water partition coefficient (Wildman–Crippen LogP) is 4.00. The number of aromatic nitrogens is 3. The lowest BCUT2D eigenvalue weighted by Crippen LogP contribution is -2.30. The van der Waals surface area contributed by atoms with E-state index in [1.807, 2.05) is 44.2 Å². The number of aryl methyl sites for hydroxylation is 1. The molecule has 0 saturated heterocycles. The van der Waals surface area contributed by atoms with Crippen LogP contribution in [0.25, 0.3) is 5.82 Å². The average Bonchev–Trinajstić information content (AvgIpc) is 3.09. The van der Waals surface area contributed by atoms with Crippen LogP contribution in [0, 0.1) is 6.92 Å². The quantitative estimate of drug-likeness (QED) is 0.466. The average molecular weight is 449 g/mol. The molecule has 0 unspecified atom stereocenters. The van der Waals surface area contributed by atoms with Crippen LogP contribution in [0.15, 0.2) is 88.7 Å². The fourth-order valence-corrected chi connectivity index (χ4v) is 5.11. The van der Waals surface area contributed by atoms with E-state index < -0.39 is 15.4 Å². The van der Waals surface area contributed by atoms with E-state index in [1.165, 1.54) is 23.0 Å². The van der Waals surface area contributed by atoms with Crippen molar-refractivity contribution >= 4 is 15.7 Å².